The molecule has 0 aliphatic carbocycles. The molecule has 30 heavy (non-hydrogen) atoms. The molecule has 7 nitrogen and oxygen atoms in total. The first-order chi connectivity index (χ1) is 14.4. The first-order valence-electron chi connectivity index (χ1n) is 9.13. The molecule has 0 aliphatic rings. The summed E-state index contributed by atoms with van der Waals surface area (Å²) in [6.07, 6.45) is 1.47. The number of benzene rings is 2. The van der Waals surface area contributed by atoms with Gasteiger partial charge in [0.2, 0.25) is 0 Å². The number of aromatic hydroxyl groups is 1. The Morgan fingerprint density at radius 1 is 1.00 bits per heavy atom. The van der Waals surface area contributed by atoms with Crippen LogP contribution in [0, 0.1) is 0 Å². The number of phenolic OH excluding ortho intramolecular Hbond substituents is 1. The zero-order chi connectivity index (χ0) is 21.7. The van der Waals surface area contributed by atoms with Crippen LogP contribution in [0.1, 0.15) is 33.3 Å². The number of pyridine rings is 1. The quantitative estimate of drug-likeness (QED) is 0.535. The summed E-state index contributed by atoms with van der Waals surface area (Å²) in [5.74, 6) is 0.0459. The molecule has 0 atom stereocenters. The molecule has 152 valence electrons. The predicted octanol–water partition coefficient (Wildman–Crippen LogP) is 4.22. The average molecular weight is 403 g/mol. The van der Waals surface area contributed by atoms with E-state index in [-0.39, 0.29) is 23.0 Å². The number of carbonyl (C=O) groups excluding carboxylic acids is 2. The van der Waals surface area contributed by atoms with Gasteiger partial charge in [0.1, 0.15) is 22.9 Å². The summed E-state index contributed by atoms with van der Waals surface area (Å²) in [5.41, 5.74) is 2.47. The SMILES string of the molecule is C=C(C)c1ccc(O)c(NC(=O)c2cccc(Oc3ccnc(C(=O)NC)c3)c2)c1. The Hall–Kier alpha value is -4.13. The minimum Gasteiger partial charge on any atom is -0.506 e. The monoisotopic (exact) mass is 403 g/mol. The Balaban J connectivity index is 1.79. The number of amides is 2. The number of phenols is 1. The topological polar surface area (TPSA) is 101 Å². The Labute approximate surface area is 174 Å². The summed E-state index contributed by atoms with van der Waals surface area (Å²) in [6, 6.07) is 14.6. The second kappa shape index (κ2) is 8.91. The lowest BCUT2D eigenvalue weighted by molar-refractivity contribution is 0.0957. The zero-order valence-corrected chi connectivity index (χ0v) is 16.6. The second-order valence-electron chi connectivity index (χ2n) is 6.55. The molecule has 0 radical (unpaired) electrons. The molecule has 1 aromatic heterocycles. The molecule has 0 aliphatic heterocycles. The van der Waals surface area contributed by atoms with Crippen LogP contribution in [0.5, 0.6) is 17.2 Å². The maximum Gasteiger partial charge on any atom is 0.269 e. The van der Waals surface area contributed by atoms with Crippen LogP contribution >= 0.6 is 0 Å². The van der Waals surface area contributed by atoms with Crippen molar-refractivity contribution in [1.82, 2.24) is 10.3 Å². The Morgan fingerprint density at radius 3 is 2.50 bits per heavy atom. The van der Waals surface area contributed by atoms with Gasteiger partial charge in [0.15, 0.2) is 0 Å². The first-order valence-corrected chi connectivity index (χ1v) is 9.13. The van der Waals surface area contributed by atoms with E-state index in [0.29, 0.717) is 17.1 Å². The third kappa shape index (κ3) is 4.82. The summed E-state index contributed by atoms with van der Waals surface area (Å²) in [6.45, 7) is 5.71. The Bertz CT molecular complexity index is 1120. The number of ether oxygens (including phenoxy) is 1. The molecule has 0 bridgehead atoms. The van der Waals surface area contributed by atoms with Crippen LogP contribution in [0.4, 0.5) is 5.69 Å². The van der Waals surface area contributed by atoms with Gasteiger partial charge in [-0.1, -0.05) is 24.3 Å². The molecule has 0 unspecified atom stereocenters. The van der Waals surface area contributed by atoms with Crippen molar-refractivity contribution in [3.05, 3.63) is 84.2 Å². The van der Waals surface area contributed by atoms with Gasteiger partial charge in [-0.05, 0) is 48.9 Å². The van der Waals surface area contributed by atoms with Crippen molar-refractivity contribution in [1.29, 1.82) is 0 Å². The lowest BCUT2D eigenvalue weighted by atomic mass is 10.1. The predicted molar refractivity (Wildman–Crippen MR) is 115 cm³/mol. The molecule has 0 saturated carbocycles. The minimum absolute atomic E-state index is 0.0423. The molecule has 0 spiro atoms. The molecule has 2 aromatic carbocycles. The summed E-state index contributed by atoms with van der Waals surface area (Å²) in [7, 11) is 1.52. The Kier molecular flexibility index (Phi) is 6.12. The standard InChI is InChI=1S/C23H21N3O4/c1-14(2)15-7-8-21(27)19(12-15)26-22(28)16-5-4-6-17(11-16)30-18-9-10-25-20(13-18)23(29)24-3/h4-13,27H,1H2,2-3H3,(H,24,29)(H,26,28). The lowest BCUT2D eigenvalue weighted by Gasteiger charge is -2.11. The maximum absolute atomic E-state index is 12.7. The number of rotatable bonds is 6. The molecule has 3 rings (SSSR count). The van der Waals surface area contributed by atoms with Crippen LogP contribution in [0.25, 0.3) is 5.57 Å². The number of hydrogen-bond donors (Lipinski definition) is 3. The van der Waals surface area contributed by atoms with E-state index in [4.69, 9.17) is 4.74 Å². The van der Waals surface area contributed by atoms with Crippen LogP contribution < -0.4 is 15.4 Å². The van der Waals surface area contributed by atoms with E-state index in [1.165, 1.54) is 25.4 Å². The molecule has 0 fully saturated rings. The van der Waals surface area contributed by atoms with Crippen molar-refractivity contribution < 1.29 is 19.4 Å². The van der Waals surface area contributed by atoms with E-state index in [0.717, 1.165) is 11.1 Å². The summed E-state index contributed by atoms with van der Waals surface area (Å²) >= 11 is 0. The van der Waals surface area contributed by atoms with Crippen LogP contribution in [-0.4, -0.2) is 29.0 Å². The van der Waals surface area contributed by atoms with Crippen molar-refractivity contribution in [3.63, 3.8) is 0 Å². The fourth-order valence-electron chi connectivity index (χ4n) is 2.66. The van der Waals surface area contributed by atoms with Gasteiger partial charge < -0.3 is 20.5 Å². The van der Waals surface area contributed by atoms with Gasteiger partial charge in [-0.15, -0.1) is 0 Å². The number of allylic oxidation sites excluding steroid dienone is 1. The van der Waals surface area contributed by atoms with E-state index >= 15 is 0 Å². The highest BCUT2D eigenvalue weighted by molar-refractivity contribution is 6.05. The molecule has 0 saturated heterocycles. The van der Waals surface area contributed by atoms with E-state index in [2.05, 4.69) is 22.2 Å². The first kappa shape index (κ1) is 20.6. The Morgan fingerprint density at radius 2 is 1.77 bits per heavy atom. The number of hydrogen-bond acceptors (Lipinski definition) is 5. The van der Waals surface area contributed by atoms with Crippen LogP contribution in [0.3, 0.4) is 0 Å². The summed E-state index contributed by atoms with van der Waals surface area (Å²) in [4.78, 5) is 28.4. The number of nitrogens with zero attached hydrogens (tertiary/aromatic N) is 1. The zero-order valence-electron chi connectivity index (χ0n) is 16.6. The molecule has 1 heterocycles. The van der Waals surface area contributed by atoms with Crippen molar-refractivity contribution >= 4 is 23.1 Å². The molecule has 3 aromatic rings. The number of carbonyl (C=O) groups is 2. The normalized spacial score (nSPS) is 10.2. The van der Waals surface area contributed by atoms with Crippen LogP contribution in [0.15, 0.2) is 67.4 Å². The number of aromatic nitrogens is 1. The highest BCUT2D eigenvalue weighted by Gasteiger charge is 2.12. The van der Waals surface area contributed by atoms with Gasteiger partial charge in [0.25, 0.3) is 11.8 Å². The summed E-state index contributed by atoms with van der Waals surface area (Å²) in [5, 5.41) is 15.2. The van der Waals surface area contributed by atoms with Crippen molar-refractivity contribution in [3.8, 4) is 17.2 Å². The van der Waals surface area contributed by atoms with Gasteiger partial charge in [0.05, 0.1) is 5.69 Å². The minimum atomic E-state index is -0.407. The number of anilines is 1. The van der Waals surface area contributed by atoms with E-state index < -0.39 is 5.91 Å². The van der Waals surface area contributed by atoms with E-state index in [9.17, 15) is 14.7 Å². The van der Waals surface area contributed by atoms with Crippen molar-refractivity contribution in [2.45, 2.75) is 6.92 Å². The van der Waals surface area contributed by atoms with E-state index in [1.54, 1.807) is 42.5 Å². The molecule has 2 amide bonds. The highest BCUT2D eigenvalue weighted by atomic mass is 16.5. The highest BCUT2D eigenvalue weighted by Crippen LogP contribution is 2.28. The molecular weight excluding hydrogens is 382 g/mol. The number of nitrogens with one attached hydrogen (secondary N) is 2. The van der Waals surface area contributed by atoms with Gasteiger partial charge in [-0.25, -0.2) is 0 Å². The molecule has 3 N–H and O–H groups in total. The average Bonchev–Trinajstić information content (AvgIpc) is 2.74. The van der Waals surface area contributed by atoms with E-state index in [1.807, 2.05) is 6.92 Å². The second-order valence-corrected chi connectivity index (χ2v) is 6.55. The van der Waals surface area contributed by atoms with Crippen LogP contribution in [-0.2, 0) is 0 Å². The van der Waals surface area contributed by atoms with Gasteiger partial charge in [-0.3, -0.25) is 14.6 Å². The smallest absolute Gasteiger partial charge is 0.269 e. The third-order valence-corrected chi connectivity index (χ3v) is 4.26. The maximum atomic E-state index is 12.7. The lowest BCUT2D eigenvalue weighted by Crippen LogP contribution is -2.18. The largest absolute Gasteiger partial charge is 0.506 e. The summed E-state index contributed by atoms with van der Waals surface area (Å²) < 4.78 is 5.77. The van der Waals surface area contributed by atoms with Gasteiger partial charge in [-0.2, -0.15) is 0 Å². The fourth-order valence-corrected chi connectivity index (χ4v) is 2.66. The van der Waals surface area contributed by atoms with Gasteiger partial charge in [0, 0.05) is 24.9 Å². The molecular formula is C23H21N3O4. The van der Waals surface area contributed by atoms with Crippen LogP contribution in [0.2, 0.25) is 0 Å². The molecule has 7 heteroatoms. The van der Waals surface area contributed by atoms with Crippen molar-refractivity contribution in [2.75, 3.05) is 12.4 Å². The van der Waals surface area contributed by atoms with Crippen molar-refractivity contribution in [2.24, 2.45) is 0 Å². The third-order valence-electron chi connectivity index (χ3n) is 4.26. The van der Waals surface area contributed by atoms with Gasteiger partial charge >= 0.3 is 0 Å². The fraction of sp³-hybridized carbons (Fsp3) is 0.0870.